The number of fused-ring (bicyclic) bond motifs is 1. The molecule has 2 aromatic rings. The summed E-state index contributed by atoms with van der Waals surface area (Å²) in [4.78, 5) is 35.4. The Balaban J connectivity index is 1.80. The van der Waals surface area contributed by atoms with Gasteiger partial charge in [-0.25, -0.2) is 0 Å². The van der Waals surface area contributed by atoms with Crippen molar-refractivity contribution in [2.24, 2.45) is 0 Å². The fourth-order valence-electron chi connectivity index (χ4n) is 2.31. The van der Waals surface area contributed by atoms with Gasteiger partial charge in [0, 0.05) is 23.6 Å². The van der Waals surface area contributed by atoms with Crippen LogP contribution in [-0.2, 0) is 25.5 Å². The average Bonchev–Trinajstić information content (AvgIpc) is 2.99. The largest absolute Gasteiger partial charge is 0.508 e. The summed E-state index contributed by atoms with van der Waals surface area (Å²) in [5.74, 6) is -1.38. The zero-order valence-electron chi connectivity index (χ0n) is 14.7. The Labute approximate surface area is 150 Å². The van der Waals surface area contributed by atoms with Gasteiger partial charge in [0.25, 0.3) is 5.91 Å². The molecule has 2 amide bonds. The predicted octanol–water partition coefficient (Wildman–Crippen LogP) is 1.25. The lowest BCUT2D eigenvalue weighted by molar-refractivity contribution is -0.148. The summed E-state index contributed by atoms with van der Waals surface area (Å²) in [6, 6.07) is 3.87. The third-order valence-corrected chi connectivity index (χ3v) is 3.66. The molecule has 140 valence electrons. The highest BCUT2D eigenvalue weighted by Crippen LogP contribution is 2.25. The number of amides is 2. The van der Waals surface area contributed by atoms with Crippen LogP contribution in [0.4, 0.5) is 0 Å². The molecule has 0 aliphatic rings. The molecular weight excluding hydrogens is 340 g/mol. The van der Waals surface area contributed by atoms with E-state index in [1.165, 1.54) is 18.4 Å². The van der Waals surface area contributed by atoms with Gasteiger partial charge in [0.1, 0.15) is 17.4 Å². The van der Waals surface area contributed by atoms with Crippen LogP contribution in [0, 0.1) is 0 Å². The number of phenols is 1. The van der Waals surface area contributed by atoms with Gasteiger partial charge in [-0.2, -0.15) is 0 Å². The van der Waals surface area contributed by atoms with Crippen LogP contribution in [0.25, 0.3) is 11.0 Å². The van der Waals surface area contributed by atoms with Crippen LogP contribution in [0.15, 0.2) is 28.9 Å². The average molecular weight is 362 g/mol. The lowest BCUT2D eigenvalue weighted by atomic mass is 10.1. The van der Waals surface area contributed by atoms with Gasteiger partial charge in [-0.05, 0) is 25.5 Å². The SMILES string of the molecule is CCCNC(=O)[C@@H](C)NC(=O)COC(=O)Cc1coc2cc(O)ccc12. The first kappa shape index (κ1) is 19.3. The molecule has 0 unspecified atom stereocenters. The molecule has 1 heterocycles. The summed E-state index contributed by atoms with van der Waals surface area (Å²) >= 11 is 0. The van der Waals surface area contributed by atoms with Gasteiger partial charge < -0.3 is 24.9 Å². The minimum absolute atomic E-state index is 0.0646. The molecule has 0 saturated heterocycles. The molecule has 8 heteroatoms. The fraction of sp³-hybridized carbons (Fsp3) is 0.389. The number of benzene rings is 1. The van der Waals surface area contributed by atoms with E-state index >= 15 is 0 Å². The van der Waals surface area contributed by atoms with E-state index in [1.807, 2.05) is 6.92 Å². The second kappa shape index (κ2) is 8.89. The minimum Gasteiger partial charge on any atom is -0.508 e. The highest BCUT2D eigenvalue weighted by Gasteiger charge is 2.17. The molecule has 0 spiro atoms. The van der Waals surface area contributed by atoms with E-state index in [1.54, 1.807) is 13.0 Å². The highest BCUT2D eigenvalue weighted by molar-refractivity contribution is 5.89. The maximum Gasteiger partial charge on any atom is 0.310 e. The molecule has 0 radical (unpaired) electrons. The van der Waals surface area contributed by atoms with Crippen LogP contribution in [0.3, 0.4) is 0 Å². The van der Waals surface area contributed by atoms with Crippen molar-refractivity contribution in [1.82, 2.24) is 10.6 Å². The zero-order chi connectivity index (χ0) is 19.1. The maximum atomic E-state index is 11.9. The van der Waals surface area contributed by atoms with Crippen molar-refractivity contribution >= 4 is 28.8 Å². The number of phenolic OH excluding ortho intramolecular Hbond substituents is 1. The van der Waals surface area contributed by atoms with Crippen LogP contribution in [0.5, 0.6) is 5.75 Å². The number of ether oxygens (including phenoxy) is 1. The molecule has 0 bridgehead atoms. The summed E-state index contributed by atoms with van der Waals surface area (Å²) in [6.45, 7) is 3.54. The van der Waals surface area contributed by atoms with Crippen molar-refractivity contribution in [2.75, 3.05) is 13.2 Å². The Morgan fingerprint density at radius 1 is 1.31 bits per heavy atom. The molecule has 3 N–H and O–H groups in total. The summed E-state index contributed by atoms with van der Waals surface area (Å²) in [6.07, 6.45) is 2.13. The first-order chi connectivity index (χ1) is 12.4. The van der Waals surface area contributed by atoms with Gasteiger partial charge in [-0.1, -0.05) is 6.92 Å². The number of rotatable bonds is 8. The van der Waals surface area contributed by atoms with E-state index in [4.69, 9.17) is 9.15 Å². The Morgan fingerprint density at radius 3 is 2.81 bits per heavy atom. The topological polar surface area (TPSA) is 118 Å². The van der Waals surface area contributed by atoms with Crippen LogP contribution in [-0.4, -0.2) is 42.1 Å². The molecule has 26 heavy (non-hydrogen) atoms. The Bertz CT molecular complexity index is 798. The predicted molar refractivity (Wildman–Crippen MR) is 93.4 cm³/mol. The number of carbonyl (C=O) groups excluding carboxylic acids is 3. The van der Waals surface area contributed by atoms with Gasteiger partial charge in [0.2, 0.25) is 5.91 Å². The molecule has 1 atom stereocenters. The normalized spacial score (nSPS) is 11.8. The molecular formula is C18H22N2O6. The Hall–Kier alpha value is -3.03. The smallest absolute Gasteiger partial charge is 0.310 e. The summed E-state index contributed by atoms with van der Waals surface area (Å²) in [5.41, 5.74) is 1.05. The van der Waals surface area contributed by atoms with Crippen molar-refractivity contribution in [3.8, 4) is 5.75 Å². The van der Waals surface area contributed by atoms with Crippen LogP contribution >= 0.6 is 0 Å². The van der Waals surface area contributed by atoms with E-state index < -0.39 is 24.5 Å². The van der Waals surface area contributed by atoms with Crippen LogP contribution in [0.1, 0.15) is 25.8 Å². The van der Waals surface area contributed by atoms with Crippen molar-refractivity contribution in [3.63, 3.8) is 0 Å². The van der Waals surface area contributed by atoms with Gasteiger partial charge >= 0.3 is 5.97 Å². The lowest BCUT2D eigenvalue weighted by Gasteiger charge is -2.13. The lowest BCUT2D eigenvalue weighted by Crippen LogP contribution is -2.46. The molecule has 8 nitrogen and oxygen atoms in total. The number of furan rings is 1. The van der Waals surface area contributed by atoms with E-state index in [9.17, 15) is 19.5 Å². The second-order valence-electron chi connectivity index (χ2n) is 5.86. The third kappa shape index (κ3) is 5.23. The first-order valence-electron chi connectivity index (χ1n) is 8.32. The summed E-state index contributed by atoms with van der Waals surface area (Å²) < 4.78 is 10.2. The molecule has 1 aromatic heterocycles. The molecule has 0 fully saturated rings. The van der Waals surface area contributed by atoms with Crippen molar-refractivity contribution in [2.45, 2.75) is 32.7 Å². The number of hydrogen-bond acceptors (Lipinski definition) is 6. The summed E-state index contributed by atoms with van der Waals surface area (Å²) in [7, 11) is 0. The quantitative estimate of drug-likeness (QED) is 0.609. The van der Waals surface area contributed by atoms with Crippen molar-refractivity contribution < 1.29 is 28.6 Å². The number of hydrogen-bond donors (Lipinski definition) is 3. The molecule has 2 rings (SSSR count). The molecule has 0 aliphatic carbocycles. The van der Waals surface area contributed by atoms with E-state index in [0.717, 1.165) is 6.42 Å². The van der Waals surface area contributed by atoms with Gasteiger partial charge in [0.15, 0.2) is 6.61 Å². The van der Waals surface area contributed by atoms with E-state index in [0.29, 0.717) is 23.1 Å². The van der Waals surface area contributed by atoms with Crippen LogP contribution in [0.2, 0.25) is 0 Å². The summed E-state index contributed by atoms with van der Waals surface area (Å²) in [5, 5.41) is 15.2. The first-order valence-corrected chi connectivity index (χ1v) is 8.32. The van der Waals surface area contributed by atoms with Crippen molar-refractivity contribution in [3.05, 3.63) is 30.0 Å². The van der Waals surface area contributed by atoms with Crippen molar-refractivity contribution in [1.29, 1.82) is 0 Å². The number of esters is 1. The number of carbonyl (C=O) groups is 3. The molecule has 0 saturated carbocycles. The monoisotopic (exact) mass is 362 g/mol. The fourth-order valence-corrected chi connectivity index (χ4v) is 2.31. The third-order valence-electron chi connectivity index (χ3n) is 3.66. The maximum absolute atomic E-state index is 11.9. The standard InChI is InChI=1S/C18H22N2O6/c1-3-6-19-18(24)11(2)20-16(22)10-26-17(23)7-12-9-25-15-8-13(21)4-5-14(12)15/h4-5,8-9,11,21H,3,6-7,10H2,1-2H3,(H,19,24)(H,20,22)/t11-/m1/s1. The van der Waals surface area contributed by atoms with E-state index in [2.05, 4.69) is 10.6 Å². The van der Waals surface area contributed by atoms with Gasteiger partial charge in [-0.15, -0.1) is 0 Å². The van der Waals surface area contributed by atoms with Gasteiger partial charge in [-0.3, -0.25) is 14.4 Å². The second-order valence-corrected chi connectivity index (χ2v) is 5.86. The number of nitrogens with one attached hydrogen (secondary N) is 2. The highest BCUT2D eigenvalue weighted by atomic mass is 16.5. The molecule has 0 aliphatic heterocycles. The van der Waals surface area contributed by atoms with E-state index in [-0.39, 0.29) is 18.1 Å². The Kier molecular flexibility index (Phi) is 6.60. The minimum atomic E-state index is -0.710. The number of aromatic hydroxyl groups is 1. The molecule has 1 aromatic carbocycles. The zero-order valence-corrected chi connectivity index (χ0v) is 14.7. The Morgan fingerprint density at radius 2 is 2.08 bits per heavy atom. The van der Waals surface area contributed by atoms with Crippen LogP contribution < -0.4 is 10.6 Å². The van der Waals surface area contributed by atoms with Gasteiger partial charge in [0.05, 0.1) is 12.7 Å².